The van der Waals surface area contributed by atoms with Gasteiger partial charge in [0.15, 0.2) is 0 Å². The summed E-state index contributed by atoms with van der Waals surface area (Å²) in [5.41, 5.74) is 0. The lowest BCUT2D eigenvalue weighted by molar-refractivity contribution is 0.0657. The Morgan fingerprint density at radius 3 is 2.86 bits per heavy atom. The molecule has 1 saturated heterocycles. The van der Waals surface area contributed by atoms with Gasteiger partial charge in [0.25, 0.3) is 5.89 Å². The molecule has 0 unspecified atom stereocenters. The number of likely N-dealkylation sites (tertiary alicyclic amines) is 1. The summed E-state index contributed by atoms with van der Waals surface area (Å²) >= 11 is 0. The molecule has 0 radical (unpaired) electrons. The van der Waals surface area contributed by atoms with E-state index in [0.29, 0.717) is 0 Å². The smallest absolute Gasteiger partial charge is 0.309 e. The van der Waals surface area contributed by atoms with Crippen LogP contribution in [0.3, 0.4) is 0 Å². The van der Waals surface area contributed by atoms with E-state index in [2.05, 4.69) is 11.9 Å². The second-order valence-electron chi connectivity index (χ2n) is 3.81. The molecule has 0 atom stereocenters. The first-order valence-electron chi connectivity index (χ1n) is 4.96. The third kappa shape index (κ3) is 1.78. The predicted octanol–water partition coefficient (Wildman–Crippen LogP) is 1.55. The molecule has 1 aliphatic rings. The minimum absolute atomic E-state index is 0.0816. The molecule has 4 nitrogen and oxygen atoms in total. The summed E-state index contributed by atoms with van der Waals surface area (Å²) in [6.45, 7) is 3.86. The van der Waals surface area contributed by atoms with Crippen molar-refractivity contribution in [2.75, 3.05) is 13.1 Å². The zero-order valence-electron chi connectivity index (χ0n) is 8.27. The molecular formula is C10H14N2O2. The second kappa shape index (κ2) is 3.82. The van der Waals surface area contributed by atoms with Crippen molar-refractivity contribution >= 4 is 5.91 Å². The molecule has 0 bridgehead atoms. The monoisotopic (exact) mass is 194 g/mol. The van der Waals surface area contributed by atoms with Crippen LogP contribution in [-0.2, 0) is 0 Å². The Hall–Kier alpha value is -1.32. The lowest BCUT2D eigenvalue weighted by atomic mass is 9.99. The van der Waals surface area contributed by atoms with Gasteiger partial charge in [0.2, 0.25) is 0 Å². The van der Waals surface area contributed by atoms with E-state index >= 15 is 0 Å². The third-order valence-electron chi connectivity index (χ3n) is 2.69. The third-order valence-corrected chi connectivity index (χ3v) is 2.69. The summed E-state index contributed by atoms with van der Waals surface area (Å²) in [6, 6.07) is 0. The summed E-state index contributed by atoms with van der Waals surface area (Å²) < 4.78 is 4.97. The summed E-state index contributed by atoms with van der Waals surface area (Å²) in [7, 11) is 0. The van der Waals surface area contributed by atoms with Crippen LogP contribution in [0.15, 0.2) is 16.9 Å². The van der Waals surface area contributed by atoms with Gasteiger partial charge in [-0.05, 0) is 18.8 Å². The summed E-state index contributed by atoms with van der Waals surface area (Å²) in [6.07, 6.45) is 5.08. The van der Waals surface area contributed by atoms with Gasteiger partial charge in [0.1, 0.15) is 6.26 Å². The van der Waals surface area contributed by atoms with Gasteiger partial charge in [0, 0.05) is 13.1 Å². The first-order chi connectivity index (χ1) is 6.77. The number of amides is 1. The van der Waals surface area contributed by atoms with E-state index in [1.54, 1.807) is 0 Å². The Morgan fingerprint density at radius 1 is 1.57 bits per heavy atom. The van der Waals surface area contributed by atoms with E-state index in [0.717, 1.165) is 31.8 Å². The molecule has 14 heavy (non-hydrogen) atoms. The molecule has 0 N–H and O–H groups in total. The van der Waals surface area contributed by atoms with Crippen LogP contribution in [0.1, 0.15) is 30.5 Å². The van der Waals surface area contributed by atoms with Gasteiger partial charge in [0.05, 0.1) is 6.20 Å². The highest BCUT2D eigenvalue weighted by Gasteiger charge is 2.23. The van der Waals surface area contributed by atoms with E-state index in [4.69, 9.17) is 4.42 Å². The maximum absolute atomic E-state index is 11.7. The van der Waals surface area contributed by atoms with Crippen LogP contribution in [-0.4, -0.2) is 28.9 Å². The fourth-order valence-corrected chi connectivity index (χ4v) is 1.68. The largest absolute Gasteiger partial charge is 0.441 e. The zero-order valence-corrected chi connectivity index (χ0v) is 8.27. The molecule has 1 aliphatic heterocycles. The maximum atomic E-state index is 11.7. The predicted molar refractivity (Wildman–Crippen MR) is 50.8 cm³/mol. The number of carbonyl (C=O) groups is 1. The molecule has 0 spiro atoms. The van der Waals surface area contributed by atoms with Gasteiger partial charge in [-0.25, -0.2) is 4.98 Å². The number of aromatic nitrogens is 1. The SMILES string of the molecule is CC1CCN(C(=O)c2ncco2)CC1. The Balaban J connectivity index is 1.99. The molecule has 2 heterocycles. The molecule has 1 aromatic heterocycles. The first-order valence-corrected chi connectivity index (χ1v) is 4.96. The van der Waals surface area contributed by atoms with Crippen molar-refractivity contribution in [1.82, 2.24) is 9.88 Å². The number of nitrogens with zero attached hydrogens (tertiary/aromatic N) is 2. The molecule has 76 valence electrons. The zero-order chi connectivity index (χ0) is 9.97. The number of rotatable bonds is 1. The number of hydrogen-bond acceptors (Lipinski definition) is 3. The quantitative estimate of drug-likeness (QED) is 0.681. The topological polar surface area (TPSA) is 46.3 Å². The van der Waals surface area contributed by atoms with Crippen LogP contribution in [0.5, 0.6) is 0 Å². The van der Waals surface area contributed by atoms with Crippen LogP contribution in [0.4, 0.5) is 0 Å². The fourth-order valence-electron chi connectivity index (χ4n) is 1.68. The molecular weight excluding hydrogens is 180 g/mol. The summed E-state index contributed by atoms with van der Waals surface area (Å²) in [5.74, 6) is 0.852. The molecule has 0 aliphatic carbocycles. The van der Waals surface area contributed by atoms with Crippen LogP contribution >= 0.6 is 0 Å². The van der Waals surface area contributed by atoms with Gasteiger partial charge < -0.3 is 9.32 Å². The van der Waals surface area contributed by atoms with Gasteiger partial charge >= 0.3 is 5.91 Å². The van der Waals surface area contributed by atoms with Crippen LogP contribution < -0.4 is 0 Å². The van der Waals surface area contributed by atoms with E-state index in [1.807, 2.05) is 4.90 Å². The number of piperidine rings is 1. The van der Waals surface area contributed by atoms with Crippen molar-refractivity contribution in [1.29, 1.82) is 0 Å². The lowest BCUT2D eigenvalue weighted by Gasteiger charge is -2.29. The molecule has 2 rings (SSSR count). The fraction of sp³-hybridized carbons (Fsp3) is 0.600. The minimum Gasteiger partial charge on any atom is -0.441 e. The Bertz CT molecular complexity index is 300. The lowest BCUT2D eigenvalue weighted by Crippen LogP contribution is -2.38. The Kier molecular flexibility index (Phi) is 2.52. The second-order valence-corrected chi connectivity index (χ2v) is 3.81. The first kappa shape index (κ1) is 9.24. The van der Waals surface area contributed by atoms with Crippen LogP contribution in [0.25, 0.3) is 0 Å². The van der Waals surface area contributed by atoms with Crippen molar-refractivity contribution in [3.63, 3.8) is 0 Å². The van der Waals surface area contributed by atoms with Crippen molar-refractivity contribution in [2.45, 2.75) is 19.8 Å². The summed E-state index contributed by atoms with van der Waals surface area (Å²) in [5, 5.41) is 0. The van der Waals surface area contributed by atoms with Crippen molar-refractivity contribution in [2.24, 2.45) is 5.92 Å². The van der Waals surface area contributed by atoms with Crippen molar-refractivity contribution in [3.8, 4) is 0 Å². The van der Waals surface area contributed by atoms with Gasteiger partial charge in [-0.1, -0.05) is 6.92 Å². The van der Waals surface area contributed by atoms with E-state index in [-0.39, 0.29) is 11.8 Å². The van der Waals surface area contributed by atoms with Crippen molar-refractivity contribution in [3.05, 3.63) is 18.4 Å². The highest BCUT2D eigenvalue weighted by atomic mass is 16.4. The van der Waals surface area contributed by atoms with Crippen LogP contribution in [0.2, 0.25) is 0 Å². The van der Waals surface area contributed by atoms with E-state index in [9.17, 15) is 4.79 Å². The average Bonchev–Trinajstić information content (AvgIpc) is 2.71. The average molecular weight is 194 g/mol. The number of oxazole rings is 1. The molecule has 0 aromatic carbocycles. The summed E-state index contributed by atoms with van der Waals surface area (Å²) in [4.78, 5) is 17.4. The molecule has 1 aromatic rings. The highest BCUT2D eigenvalue weighted by Crippen LogP contribution is 2.17. The number of carbonyl (C=O) groups excluding carboxylic acids is 1. The molecule has 1 fully saturated rings. The molecule has 1 amide bonds. The Morgan fingerprint density at radius 2 is 2.29 bits per heavy atom. The maximum Gasteiger partial charge on any atom is 0.309 e. The minimum atomic E-state index is -0.0816. The highest BCUT2D eigenvalue weighted by molar-refractivity contribution is 5.89. The van der Waals surface area contributed by atoms with Gasteiger partial charge in [-0.3, -0.25) is 4.79 Å². The van der Waals surface area contributed by atoms with Gasteiger partial charge in [-0.2, -0.15) is 0 Å². The molecule has 0 saturated carbocycles. The van der Waals surface area contributed by atoms with E-state index < -0.39 is 0 Å². The van der Waals surface area contributed by atoms with Crippen LogP contribution in [0, 0.1) is 5.92 Å². The van der Waals surface area contributed by atoms with Crippen molar-refractivity contribution < 1.29 is 9.21 Å². The Labute approximate surface area is 82.9 Å². The number of hydrogen-bond donors (Lipinski definition) is 0. The molecule has 4 heteroatoms. The standard InChI is InChI=1S/C10H14N2O2/c1-8-2-5-12(6-3-8)10(13)9-11-4-7-14-9/h4,7-8H,2-3,5-6H2,1H3. The van der Waals surface area contributed by atoms with Gasteiger partial charge in [-0.15, -0.1) is 0 Å². The normalized spacial score (nSPS) is 18.5. The van der Waals surface area contributed by atoms with E-state index in [1.165, 1.54) is 12.5 Å².